The molecule has 1 fully saturated rings. The Morgan fingerprint density at radius 1 is 1.22 bits per heavy atom. The number of amides is 1. The summed E-state index contributed by atoms with van der Waals surface area (Å²) in [5.41, 5.74) is 0.556. The molecule has 1 aliphatic rings. The molecule has 23 heavy (non-hydrogen) atoms. The quantitative estimate of drug-likeness (QED) is 0.875. The van der Waals surface area contributed by atoms with Crippen LogP contribution in [-0.4, -0.2) is 50.7 Å². The molecule has 2 rings (SSSR count). The second-order valence-electron chi connectivity index (χ2n) is 6.38. The van der Waals surface area contributed by atoms with Crippen molar-refractivity contribution in [1.82, 2.24) is 10.2 Å². The number of carbonyl (C=O) groups excluding carboxylic acids is 1. The third-order valence-electron chi connectivity index (χ3n) is 4.61. The number of piperidine rings is 1. The molecule has 1 saturated heterocycles. The van der Waals surface area contributed by atoms with Crippen LogP contribution in [0.2, 0.25) is 0 Å². The molecule has 0 radical (unpaired) electrons. The molecular formula is C18H28N2O3. The Bertz CT molecular complexity index is 503. The Kier molecular flexibility index (Phi) is 6.28. The van der Waals surface area contributed by atoms with E-state index in [9.17, 15) is 4.79 Å². The van der Waals surface area contributed by atoms with Gasteiger partial charge < -0.3 is 14.8 Å². The lowest BCUT2D eigenvalue weighted by Crippen LogP contribution is -2.45. The van der Waals surface area contributed by atoms with E-state index in [1.165, 1.54) is 12.8 Å². The van der Waals surface area contributed by atoms with Crippen molar-refractivity contribution in [3.05, 3.63) is 23.8 Å². The van der Waals surface area contributed by atoms with Gasteiger partial charge in [0.2, 0.25) is 0 Å². The molecule has 1 aromatic rings. The molecule has 1 N–H and O–H groups in total. The average molecular weight is 320 g/mol. The maximum atomic E-state index is 12.4. The fourth-order valence-corrected chi connectivity index (χ4v) is 2.88. The van der Waals surface area contributed by atoms with Crippen LogP contribution >= 0.6 is 0 Å². The van der Waals surface area contributed by atoms with Gasteiger partial charge in [-0.1, -0.05) is 6.92 Å². The number of carbonyl (C=O) groups is 1. The van der Waals surface area contributed by atoms with E-state index in [2.05, 4.69) is 24.1 Å². The van der Waals surface area contributed by atoms with Gasteiger partial charge in [-0.15, -0.1) is 0 Å². The van der Waals surface area contributed by atoms with Crippen molar-refractivity contribution in [2.75, 3.05) is 33.9 Å². The summed E-state index contributed by atoms with van der Waals surface area (Å²) in [6.07, 6.45) is 2.48. The van der Waals surface area contributed by atoms with Crippen molar-refractivity contribution in [3.8, 4) is 11.5 Å². The predicted molar refractivity (Wildman–Crippen MR) is 91.3 cm³/mol. The van der Waals surface area contributed by atoms with Crippen molar-refractivity contribution in [2.24, 2.45) is 5.92 Å². The second kappa shape index (κ2) is 8.20. The second-order valence-corrected chi connectivity index (χ2v) is 6.38. The van der Waals surface area contributed by atoms with Gasteiger partial charge in [0.25, 0.3) is 5.91 Å². The van der Waals surface area contributed by atoms with Crippen molar-refractivity contribution in [1.29, 1.82) is 0 Å². The number of rotatable bonds is 6. The molecule has 5 heteroatoms. The monoisotopic (exact) mass is 320 g/mol. The van der Waals surface area contributed by atoms with Gasteiger partial charge in [-0.3, -0.25) is 9.69 Å². The SMILES string of the molecule is COc1cc(OC)cc(C(=O)NCC(C)N2CCC(C)CC2)c1. The molecule has 1 aromatic carbocycles. The molecule has 0 aliphatic carbocycles. The fourth-order valence-electron chi connectivity index (χ4n) is 2.88. The van der Waals surface area contributed by atoms with Crippen molar-refractivity contribution in [3.63, 3.8) is 0 Å². The van der Waals surface area contributed by atoms with E-state index in [4.69, 9.17) is 9.47 Å². The maximum absolute atomic E-state index is 12.4. The Balaban J connectivity index is 1.91. The van der Waals surface area contributed by atoms with Crippen LogP contribution in [0.15, 0.2) is 18.2 Å². The lowest BCUT2D eigenvalue weighted by molar-refractivity contribution is 0.0921. The Hall–Kier alpha value is -1.75. The van der Waals surface area contributed by atoms with Crippen LogP contribution in [0.1, 0.15) is 37.0 Å². The van der Waals surface area contributed by atoms with Crippen LogP contribution in [0.4, 0.5) is 0 Å². The molecule has 0 bridgehead atoms. The lowest BCUT2D eigenvalue weighted by Gasteiger charge is -2.35. The Morgan fingerprint density at radius 3 is 2.30 bits per heavy atom. The minimum Gasteiger partial charge on any atom is -0.497 e. The van der Waals surface area contributed by atoms with Crippen LogP contribution < -0.4 is 14.8 Å². The number of ether oxygens (including phenoxy) is 2. The summed E-state index contributed by atoms with van der Waals surface area (Å²) < 4.78 is 10.4. The fraction of sp³-hybridized carbons (Fsp3) is 0.611. The number of hydrogen-bond acceptors (Lipinski definition) is 4. The molecule has 0 spiro atoms. The van der Waals surface area contributed by atoms with Gasteiger partial charge in [0, 0.05) is 24.2 Å². The topological polar surface area (TPSA) is 50.8 Å². The van der Waals surface area contributed by atoms with E-state index < -0.39 is 0 Å². The average Bonchev–Trinajstić information content (AvgIpc) is 2.59. The van der Waals surface area contributed by atoms with Gasteiger partial charge in [-0.2, -0.15) is 0 Å². The first-order valence-corrected chi connectivity index (χ1v) is 8.28. The third-order valence-corrected chi connectivity index (χ3v) is 4.61. The van der Waals surface area contributed by atoms with E-state index in [-0.39, 0.29) is 5.91 Å². The molecule has 0 saturated carbocycles. The van der Waals surface area contributed by atoms with Crippen molar-refractivity contribution < 1.29 is 14.3 Å². The smallest absolute Gasteiger partial charge is 0.251 e. The first kappa shape index (κ1) is 17.6. The van der Waals surface area contributed by atoms with E-state index in [0.29, 0.717) is 29.6 Å². The number of hydrogen-bond donors (Lipinski definition) is 1. The van der Waals surface area contributed by atoms with Crippen LogP contribution in [0, 0.1) is 5.92 Å². The van der Waals surface area contributed by atoms with Gasteiger partial charge in [-0.25, -0.2) is 0 Å². The van der Waals surface area contributed by atoms with Gasteiger partial charge in [-0.05, 0) is 50.9 Å². The minimum absolute atomic E-state index is 0.0978. The van der Waals surface area contributed by atoms with Gasteiger partial charge in [0.05, 0.1) is 14.2 Å². The Morgan fingerprint density at radius 2 is 1.78 bits per heavy atom. The van der Waals surface area contributed by atoms with Gasteiger partial charge in [0.1, 0.15) is 11.5 Å². The van der Waals surface area contributed by atoms with Crippen LogP contribution in [-0.2, 0) is 0 Å². The van der Waals surface area contributed by atoms with E-state index in [1.54, 1.807) is 32.4 Å². The van der Waals surface area contributed by atoms with Gasteiger partial charge >= 0.3 is 0 Å². The predicted octanol–water partition coefficient (Wildman–Crippen LogP) is 2.55. The zero-order chi connectivity index (χ0) is 16.8. The Labute approximate surface area is 139 Å². The number of likely N-dealkylation sites (tertiary alicyclic amines) is 1. The first-order valence-electron chi connectivity index (χ1n) is 8.28. The van der Waals surface area contributed by atoms with E-state index in [0.717, 1.165) is 19.0 Å². The summed E-state index contributed by atoms with van der Waals surface area (Å²) in [5.74, 6) is 1.96. The summed E-state index contributed by atoms with van der Waals surface area (Å²) >= 11 is 0. The molecule has 5 nitrogen and oxygen atoms in total. The molecule has 1 amide bonds. The highest BCUT2D eigenvalue weighted by molar-refractivity contribution is 5.95. The van der Waals surface area contributed by atoms with Crippen molar-refractivity contribution in [2.45, 2.75) is 32.7 Å². The molecule has 0 aromatic heterocycles. The first-order chi connectivity index (χ1) is 11.0. The molecule has 1 aliphatic heterocycles. The molecule has 1 atom stereocenters. The highest BCUT2D eigenvalue weighted by atomic mass is 16.5. The van der Waals surface area contributed by atoms with Crippen LogP contribution in [0.5, 0.6) is 11.5 Å². The summed E-state index contributed by atoms with van der Waals surface area (Å²) in [7, 11) is 3.16. The van der Waals surface area contributed by atoms with E-state index in [1.807, 2.05) is 0 Å². The molecular weight excluding hydrogens is 292 g/mol. The zero-order valence-electron chi connectivity index (χ0n) is 14.6. The minimum atomic E-state index is -0.0978. The van der Waals surface area contributed by atoms with Crippen LogP contribution in [0.25, 0.3) is 0 Å². The number of methoxy groups -OCH3 is 2. The molecule has 1 unspecified atom stereocenters. The highest BCUT2D eigenvalue weighted by Crippen LogP contribution is 2.22. The van der Waals surface area contributed by atoms with Crippen molar-refractivity contribution >= 4 is 5.91 Å². The molecule has 1 heterocycles. The molecule has 128 valence electrons. The summed E-state index contributed by atoms with van der Waals surface area (Å²) in [6.45, 7) is 7.35. The highest BCUT2D eigenvalue weighted by Gasteiger charge is 2.20. The number of benzene rings is 1. The summed E-state index contributed by atoms with van der Waals surface area (Å²) in [5, 5.41) is 3.02. The largest absolute Gasteiger partial charge is 0.497 e. The number of nitrogens with zero attached hydrogens (tertiary/aromatic N) is 1. The van der Waals surface area contributed by atoms with Crippen LogP contribution in [0.3, 0.4) is 0 Å². The normalized spacial score (nSPS) is 17.6. The standard InChI is InChI=1S/C18H28N2O3/c1-13-5-7-20(8-6-13)14(2)12-19-18(21)15-9-16(22-3)11-17(10-15)23-4/h9-11,13-14H,5-8,12H2,1-4H3,(H,19,21). The summed E-state index contributed by atoms with van der Waals surface area (Å²) in [4.78, 5) is 14.8. The summed E-state index contributed by atoms with van der Waals surface area (Å²) in [6, 6.07) is 5.56. The zero-order valence-corrected chi connectivity index (χ0v) is 14.6. The third kappa shape index (κ3) is 4.86. The number of nitrogens with one attached hydrogen (secondary N) is 1. The lowest BCUT2D eigenvalue weighted by atomic mass is 9.98. The maximum Gasteiger partial charge on any atom is 0.251 e. The van der Waals surface area contributed by atoms with Gasteiger partial charge in [0.15, 0.2) is 0 Å². The van der Waals surface area contributed by atoms with E-state index >= 15 is 0 Å².